The van der Waals surface area contributed by atoms with Crippen molar-refractivity contribution in [2.45, 2.75) is 25.4 Å². The number of thioether (sulfide) groups is 1. The quantitative estimate of drug-likeness (QED) is 0.761. The van der Waals surface area contributed by atoms with Crippen LogP contribution in [0.5, 0.6) is 0 Å². The van der Waals surface area contributed by atoms with Crippen LogP contribution in [0.4, 0.5) is 5.69 Å². The van der Waals surface area contributed by atoms with Crippen molar-refractivity contribution in [3.8, 4) is 6.07 Å². The number of carbonyl (C=O) groups excluding carboxylic acids is 2. The van der Waals surface area contributed by atoms with Crippen molar-refractivity contribution in [2.24, 2.45) is 0 Å². The molecule has 2 aliphatic rings. The van der Waals surface area contributed by atoms with Crippen molar-refractivity contribution in [3.05, 3.63) is 36.0 Å². The van der Waals surface area contributed by atoms with Crippen molar-refractivity contribution in [3.63, 3.8) is 0 Å². The lowest BCUT2D eigenvalue weighted by atomic mass is 10.1. The Morgan fingerprint density at radius 2 is 2.26 bits per heavy atom. The number of carbonyl (C=O) groups is 2. The van der Waals surface area contributed by atoms with Crippen molar-refractivity contribution >= 4 is 40.2 Å². The average molecular weight is 440 g/mol. The van der Waals surface area contributed by atoms with Gasteiger partial charge in [0, 0.05) is 29.6 Å². The second-order valence-corrected chi connectivity index (χ2v) is 8.58. The molecule has 4 rings (SSSR count). The third-order valence-corrected chi connectivity index (χ3v) is 6.76. The Hall–Kier alpha value is -2.83. The number of aromatic nitrogens is 1. The number of amides is 2. The largest absolute Gasteiger partial charge is 0.377 e. The molecule has 31 heavy (non-hydrogen) atoms. The van der Waals surface area contributed by atoms with E-state index in [-0.39, 0.29) is 18.4 Å². The third-order valence-electron chi connectivity index (χ3n) is 5.75. The standard InChI is InChI=1S/C22H25N5O3S/c1-2-15-12-30-8-7-26(15)16-3-4-20-19(9-16)18(5-6-24-20)22(29)25-11-21(28)27-14-31-13-17(27)10-23/h3-6,9,15,17H,2,7-8,11-14H2,1H3,(H,25,29)/t15-,17+/m0/s1. The smallest absolute Gasteiger partial charge is 0.252 e. The van der Waals surface area contributed by atoms with Gasteiger partial charge >= 0.3 is 0 Å². The Bertz CT molecular complexity index is 1020. The van der Waals surface area contributed by atoms with Gasteiger partial charge in [0.25, 0.3) is 5.91 Å². The van der Waals surface area contributed by atoms with E-state index in [1.54, 1.807) is 24.0 Å². The normalized spacial score (nSPS) is 21.2. The fraction of sp³-hybridized carbons (Fsp3) is 0.455. The first-order chi connectivity index (χ1) is 15.1. The number of benzene rings is 1. The van der Waals surface area contributed by atoms with Crippen molar-refractivity contribution in [1.29, 1.82) is 5.26 Å². The van der Waals surface area contributed by atoms with Crippen LogP contribution < -0.4 is 10.2 Å². The Morgan fingerprint density at radius 3 is 3.06 bits per heavy atom. The van der Waals surface area contributed by atoms with E-state index >= 15 is 0 Å². The molecule has 3 heterocycles. The zero-order chi connectivity index (χ0) is 21.8. The molecular formula is C22H25N5O3S. The number of nitriles is 1. The first-order valence-corrected chi connectivity index (χ1v) is 11.6. The molecule has 9 heteroatoms. The Kier molecular flexibility index (Phi) is 6.59. The van der Waals surface area contributed by atoms with Gasteiger partial charge in [0.2, 0.25) is 5.91 Å². The van der Waals surface area contributed by atoms with Crippen molar-refractivity contribution in [1.82, 2.24) is 15.2 Å². The molecule has 0 bridgehead atoms. The van der Waals surface area contributed by atoms with Crippen LogP contribution in [0.1, 0.15) is 23.7 Å². The number of nitrogens with zero attached hydrogens (tertiary/aromatic N) is 4. The fourth-order valence-corrected chi connectivity index (χ4v) is 5.10. The Labute approximate surface area is 185 Å². The summed E-state index contributed by atoms with van der Waals surface area (Å²) in [6, 6.07) is 9.62. The molecule has 8 nitrogen and oxygen atoms in total. The number of nitrogens with one attached hydrogen (secondary N) is 1. The van der Waals surface area contributed by atoms with E-state index < -0.39 is 6.04 Å². The van der Waals surface area contributed by atoms with E-state index in [4.69, 9.17) is 10.00 Å². The highest BCUT2D eigenvalue weighted by Crippen LogP contribution is 2.27. The minimum Gasteiger partial charge on any atom is -0.377 e. The number of hydrogen-bond donors (Lipinski definition) is 1. The van der Waals surface area contributed by atoms with Gasteiger partial charge in [-0.15, -0.1) is 11.8 Å². The first kappa shape index (κ1) is 21.4. The average Bonchev–Trinajstić information content (AvgIpc) is 3.30. The maximum Gasteiger partial charge on any atom is 0.252 e. The van der Waals surface area contributed by atoms with E-state index in [0.29, 0.717) is 36.4 Å². The first-order valence-electron chi connectivity index (χ1n) is 10.4. The van der Waals surface area contributed by atoms with Crippen LogP contribution >= 0.6 is 11.8 Å². The molecule has 0 saturated carbocycles. The summed E-state index contributed by atoms with van der Waals surface area (Å²) in [4.78, 5) is 33.6. The number of morpholine rings is 1. The second-order valence-electron chi connectivity index (χ2n) is 7.58. The van der Waals surface area contributed by atoms with Crippen LogP contribution in [-0.2, 0) is 9.53 Å². The van der Waals surface area contributed by atoms with Gasteiger partial charge < -0.3 is 19.9 Å². The summed E-state index contributed by atoms with van der Waals surface area (Å²) in [7, 11) is 0. The van der Waals surface area contributed by atoms with Crippen LogP contribution in [0, 0.1) is 11.3 Å². The molecule has 0 aliphatic carbocycles. The van der Waals surface area contributed by atoms with Crippen LogP contribution in [0.25, 0.3) is 10.9 Å². The predicted molar refractivity (Wildman–Crippen MR) is 120 cm³/mol. The van der Waals surface area contributed by atoms with Gasteiger partial charge in [-0.2, -0.15) is 5.26 Å². The van der Waals surface area contributed by atoms with E-state index in [1.165, 1.54) is 4.90 Å². The van der Waals surface area contributed by atoms with Crippen LogP contribution in [0.3, 0.4) is 0 Å². The summed E-state index contributed by atoms with van der Waals surface area (Å²) in [6.45, 7) is 4.17. The summed E-state index contributed by atoms with van der Waals surface area (Å²) in [5, 5.41) is 12.6. The summed E-state index contributed by atoms with van der Waals surface area (Å²) in [6.07, 6.45) is 2.57. The number of ether oxygens (including phenoxy) is 1. The zero-order valence-corrected chi connectivity index (χ0v) is 18.2. The molecule has 2 aromatic rings. The molecule has 2 amide bonds. The Balaban J connectivity index is 1.53. The molecule has 1 aromatic heterocycles. The molecule has 0 unspecified atom stereocenters. The fourth-order valence-electron chi connectivity index (χ4n) is 3.99. The van der Waals surface area contributed by atoms with Gasteiger partial charge in [-0.3, -0.25) is 14.6 Å². The van der Waals surface area contributed by atoms with Gasteiger partial charge in [0.1, 0.15) is 6.04 Å². The maximum atomic E-state index is 12.9. The van der Waals surface area contributed by atoms with Gasteiger partial charge in [0.15, 0.2) is 0 Å². The molecule has 2 aliphatic heterocycles. The van der Waals surface area contributed by atoms with Crippen molar-refractivity contribution in [2.75, 3.05) is 42.8 Å². The molecule has 2 atom stereocenters. The second kappa shape index (κ2) is 9.54. The van der Waals surface area contributed by atoms with Gasteiger partial charge in [-0.1, -0.05) is 6.92 Å². The lowest BCUT2D eigenvalue weighted by Crippen LogP contribution is -2.45. The zero-order valence-electron chi connectivity index (χ0n) is 17.4. The maximum absolute atomic E-state index is 12.9. The molecule has 1 aromatic carbocycles. The molecule has 0 radical (unpaired) electrons. The molecular weight excluding hydrogens is 414 g/mol. The minimum absolute atomic E-state index is 0.136. The van der Waals surface area contributed by atoms with Crippen LogP contribution in [-0.4, -0.2) is 71.7 Å². The van der Waals surface area contributed by atoms with Gasteiger partial charge in [-0.05, 0) is 30.7 Å². The van der Waals surface area contributed by atoms with Crippen LogP contribution in [0.2, 0.25) is 0 Å². The lowest BCUT2D eigenvalue weighted by molar-refractivity contribution is -0.129. The van der Waals surface area contributed by atoms with E-state index in [2.05, 4.69) is 28.2 Å². The third kappa shape index (κ3) is 4.45. The SMILES string of the molecule is CC[C@H]1COCCN1c1ccc2nccc(C(=O)NCC(=O)N3CSC[C@H]3C#N)c2c1. The number of anilines is 1. The number of rotatable bonds is 5. The molecule has 162 valence electrons. The van der Waals surface area contributed by atoms with E-state index in [9.17, 15) is 9.59 Å². The predicted octanol–water partition coefficient (Wildman–Crippen LogP) is 2.00. The number of pyridine rings is 1. The minimum atomic E-state index is -0.432. The van der Waals surface area contributed by atoms with Crippen LogP contribution in [0.15, 0.2) is 30.5 Å². The monoisotopic (exact) mass is 439 g/mol. The van der Waals surface area contributed by atoms with E-state index in [0.717, 1.165) is 29.6 Å². The Morgan fingerprint density at radius 1 is 1.39 bits per heavy atom. The molecule has 2 fully saturated rings. The molecule has 1 N–H and O–H groups in total. The lowest BCUT2D eigenvalue weighted by Gasteiger charge is -2.37. The van der Waals surface area contributed by atoms with Gasteiger partial charge in [-0.25, -0.2) is 0 Å². The molecule has 0 spiro atoms. The highest BCUT2D eigenvalue weighted by Gasteiger charge is 2.29. The number of fused-ring (bicyclic) bond motifs is 1. The molecule has 2 saturated heterocycles. The highest BCUT2D eigenvalue weighted by atomic mass is 32.2. The van der Waals surface area contributed by atoms with E-state index in [1.807, 2.05) is 18.2 Å². The summed E-state index contributed by atoms with van der Waals surface area (Å²) in [5.74, 6) is 0.510. The topological polar surface area (TPSA) is 98.6 Å². The summed E-state index contributed by atoms with van der Waals surface area (Å²) < 4.78 is 5.61. The highest BCUT2D eigenvalue weighted by molar-refractivity contribution is 7.99. The number of hydrogen-bond acceptors (Lipinski definition) is 7. The summed E-state index contributed by atoms with van der Waals surface area (Å²) in [5.41, 5.74) is 2.24. The summed E-state index contributed by atoms with van der Waals surface area (Å²) >= 11 is 1.54. The van der Waals surface area contributed by atoms with Gasteiger partial charge in [0.05, 0.1) is 48.8 Å². The van der Waals surface area contributed by atoms with Crippen molar-refractivity contribution < 1.29 is 14.3 Å².